The number of Topliss-reactive ketones (excluding diaryl/α,β-unsaturated/α-hetero) is 1. The Labute approximate surface area is 193 Å². The molecule has 0 spiro atoms. The molecule has 3 aromatic rings. The van der Waals surface area contributed by atoms with Gasteiger partial charge in [0.1, 0.15) is 17.3 Å². The molecular weight excluding hydrogens is 474 g/mol. The summed E-state index contributed by atoms with van der Waals surface area (Å²) in [5.74, 6) is -2.18. The second kappa shape index (κ2) is 8.16. The summed E-state index contributed by atoms with van der Waals surface area (Å²) in [6.07, 6.45) is 0. The van der Waals surface area contributed by atoms with Gasteiger partial charge in [0.05, 0.1) is 17.3 Å². The van der Waals surface area contributed by atoms with Gasteiger partial charge < -0.3 is 15.3 Å². The van der Waals surface area contributed by atoms with Crippen molar-refractivity contribution >= 4 is 39.1 Å². The van der Waals surface area contributed by atoms with Gasteiger partial charge in [0, 0.05) is 10.0 Å². The molecule has 1 heterocycles. The van der Waals surface area contributed by atoms with E-state index < -0.39 is 17.7 Å². The van der Waals surface area contributed by atoms with E-state index >= 15 is 0 Å². The molecule has 0 saturated carbocycles. The summed E-state index contributed by atoms with van der Waals surface area (Å²) in [5, 5.41) is 31.4. The molecule has 0 radical (unpaired) electrons. The summed E-state index contributed by atoms with van der Waals surface area (Å²) >= 11 is 3.42. The zero-order valence-electron chi connectivity index (χ0n) is 17.3. The minimum Gasteiger partial charge on any atom is -0.508 e. The molecule has 1 amide bonds. The SMILES string of the molecule is Cc1ccc(O)c(N2C(=O)C(=O)/C(=C(\O)c3ccc(Br)c(C)c3)C2c2ccc(O)cc2)c1. The Morgan fingerprint density at radius 1 is 0.938 bits per heavy atom. The highest BCUT2D eigenvalue weighted by molar-refractivity contribution is 9.10. The van der Waals surface area contributed by atoms with Crippen LogP contribution < -0.4 is 4.90 Å². The predicted octanol–water partition coefficient (Wildman–Crippen LogP) is 5.10. The summed E-state index contributed by atoms with van der Waals surface area (Å²) in [6, 6.07) is 14.9. The topological polar surface area (TPSA) is 98.1 Å². The summed E-state index contributed by atoms with van der Waals surface area (Å²) in [6.45, 7) is 3.65. The Balaban J connectivity index is 1.99. The van der Waals surface area contributed by atoms with E-state index in [1.165, 1.54) is 23.1 Å². The molecule has 0 bridgehead atoms. The largest absolute Gasteiger partial charge is 0.508 e. The van der Waals surface area contributed by atoms with Gasteiger partial charge in [0.25, 0.3) is 11.7 Å². The van der Waals surface area contributed by atoms with Crippen molar-refractivity contribution in [3.05, 3.63) is 93.0 Å². The van der Waals surface area contributed by atoms with Crippen LogP contribution in [0.25, 0.3) is 5.76 Å². The molecule has 162 valence electrons. The standard InChI is InChI=1S/C25H20BrNO5/c1-13-3-10-20(29)19(11-13)27-22(15-4-7-17(28)8-5-15)21(24(31)25(27)32)23(30)16-6-9-18(26)14(2)12-16/h3-12,22,28-30H,1-2H3/b23-21-. The molecule has 1 aliphatic rings. The van der Waals surface area contributed by atoms with E-state index in [9.17, 15) is 24.9 Å². The van der Waals surface area contributed by atoms with Crippen molar-refractivity contribution in [2.45, 2.75) is 19.9 Å². The van der Waals surface area contributed by atoms with Gasteiger partial charge in [0.15, 0.2) is 0 Å². The van der Waals surface area contributed by atoms with Gasteiger partial charge >= 0.3 is 0 Å². The average molecular weight is 494 g/mol. The van der Waals surface area contributed by atoms with E-state index in [-0.39, 0.29) is 28.5 Å². The van der Waals surface area contributed by atoms with Gasteiger partial charge in [-0.3, -0.25) is 14.5 Å². The second-order valence-corrected chi connectivity index (χ2v) is 8.57. The molecule has 0 aromatic heterocycles. The zero-order valence-corrected chi connectivity index (χ0v) is 18.9. The maximum atomic E-state index is 13.2. The van der Waals surface area contributed by atoms with Crippen molar-refractivity contribution < 1.29 is 24.9 Å². The van der Waals surface area contributed by atoms with E-state index in [0.29, 0.717) is 11.1 Å². The number of carbonyl (C=O) groups is 2. The van der Waals surface area contributed by atoms with Crippen LogP contribution in [0.3, 0.4) is 0 Å². The number of aryl methyl sites for hydroxylation is 2. The van der Waals surface area contributed by atoms with Gasteiger partial charge in [-0.25, -0.2) is 0 Å². The number of aliphatic hydroxyl groups excluding tert-OH is 1. The minimum atomic E-state index is -0.993. The van der Waals surface area contributed by atoms with E-state index in [1.807, 2.05) is 6.92 Å². The first-order valence-electron chi connectivity index (χ1n) is 9.85. The van der Waals surface area contributed by atoms with Gasteiger partial charge in [0.2, 0.25) is 0 Å². The molecular formula is C25H20BrNO5. The highest BCUT2D eigenvalue weighted by atomic mass is 79.9. The van der Waals surface area contributed by atoms with Crippen LogP contribution in [0.15, 0.2) is 70.7 Å². The smallest absolute Gasteiger partial charge is 0.300 e. The lowest BCUT2D eigenvalue weighted by Crippen LogP contribution is -2.29. The Kier molecular flexibility index (Phi) is 5.52. The third kappa shape index (κ3) is 3.65. The Bertz CT molecular complexity index is 1280. The predicted molar refractivity (Wildman–Crippen MR) is 125 cm³/mol. The van der Waals surface area contributed by atoms with Crippen molar-refractivity contribution in [3.63, 3.8) is 0 Å². The van der Waals surface area contributed by atoms with Crippen LogP contribution in [-0.2, 0) is 9.59 Å². The molecule has 4 rings (SSSR count). The maximum absolute atomic E-state index is 13.2. The Morgan fingerprint density at radius 2 is 1.62 bits per heavy atom. The van der Waals surface area contributed by atoms with Gasteiger partial charge in [-0.15, -0.1) is 0 Å². The number of rotatable bonds is 3. The van der Waals surface area contributed by atoms with Crippen LogP contribution >= 0.6 is 15.9 Å². The molecule has 7 heteroatoms. The number of aliphatic hydroxyl groups is 1. The van der Waals surface area contributed by atoms with Crippen LogP contribution in [0.5, 0.6) is 11.5 Å². The fourth-order valence-corrected chi connectivity index (χ4v) is 4.07. The van der Waals surface area contributed by atoms with Crippen molar-refractivity contribution in [1.82, 2.24) is 0 Å². The number of phenols is 2. The lowest BCUT2D eigenvalue weighted by atomic mass is 9.94. The monoisotopic (exact) mass is 493 g/mol. The number of benzene rings is 3. The van der Waals surface area contributed by atoms with E-state index in [1.54, 1.807) is 49.4 Å². The molecule has 1 aliphatic heterocycles. The second-order valence-electron chi connectivity index (χ2n) is 7.72. The molecule has 1 atom stereocenters. The maximum Gasteiger partial charge on any atom is 0.300 e. The molecule has 0 aliphatic carbocycles. The van der Waals surface area contributed by atoms with E-state index in [2.05, 4.69) is 15.9 Å². The van der Waals surface area contributed by atoms with Crippen LogP contribution in [0.1, 0.15) is 28.3 Å². The van der Waals surface area contributed by atoms with Crippen molar-refractivity contribution in [1.29, 1.82) is 0 Å². The Morgan fingerprint density at radius 3 is 2.28 bits per heavy atom. The number of hydrogen-bond donors (Lipinski definition) is 3. The molecule has 32 heavy (non-hydrogen) atoms. The number of anilines is 1. The lowest BCUT2D eigenvalue weighted by molar-refractivity contribution is -0.132. The van der Waals surface area contributed by atoms with Crippen LogP contribution in [-0.4, -0.2) is 27.0 Å². The van der Waals surface area contributed by atoms with Gasteiger partial charge in [-0.05, 0) is 66.9 Å². The first-order valence-corrected chi connectivity index (χ1v) is 10.6. The van der Waals surface area contributed by atoms with Crippen LogP contribution in [0.4, 0.5) is 5.69 Å². The lowest BCUT2D eigenvalue weighted by Gasteiger charge is -2.26. The van der Waals surface area contributed by atoms with E-state index in [4.69, 9.17) is 0 Å². The molecule has 1 unspecified atom stereocenters. The first kappa shape index (κ1) is 21.6. The van der Waals surface area contributed by atoms with Crippen LogP contribution in [0.2, 0.25) is 0 Å². The number of aromatic hydroxyl groups is 2. The quantitative estimate of drug-likeness (QED) is 0.267. The van der Waals surface area contributed by atoms with Crippen molar-refractivity contribution in [2.24, 2.45) is 0 Å². The summed E-state index contributed by atoms with van der Waals surface area (Å²) in [7, 11) is 0. The minimum absolute atomic E-state index is 0.0210. The Hall–Kier alpha value is -3.58. The number of phenolic OH excluding ortho intramolecular Hbond substituents is 2. The fraction of sp³-hybridized carbons (Fsp3) is 0.120. The number of amides is 1. The number of ketones is 1. The highest BCUT2D eigenvalue weighted by Gasteiger charge is 2.47. The van der Waals surface area contributed by atoms with E-state index in [0.717, 1.165) is 15.6 Å². The van der Waals surface area contributed by atoms with Crippen molar-refractivity contribution in [3.8, 4) is 11.5 Å². The number of halogens is 1. The molecule has 6 nitrogen and oxygen atoms in total. The number of nitrogens with zero attached hydrogens (tertiary/aromatic N) is 1. The fourth-order valence-electron chi connectivity index (χ4n) is 3.83. The molecule has 3 aromatic carbocycles. The third-order valence-corrected chi connectivity index (χ3v) is 6.36. The van der Waals surface area contributed by atoms with Gasteiger partial charge in [-0.2, -0.15) is 0 Å². The van der Waals surface area contributed by atoms with Gasteiger partial charge in [-0.1, -0.05) is 40.2 Å². The average Bonchev–Trinajstić information content (AvgIpc) is 3.02. The molecule has 1 saturated heterocycles. The highest BCUT2D eigenvalue weighted by Crippen LogP contribution is 2.45. The molecule has 1 fully saturated rings. The summed E-state index contributed by atoms with van der Waals surface area (Å²) in [5.41, 5.74) is 2.59. The van der Waals surface area contributed by atoms with Crippen LogP contribution in [0, 0.1) is 13.8 Å². The van der Waals surface area contributed by atoms with Crippen molar-refractivity contribution in [2.75, 3.05) is 4.90 Å². The number of carbonyl (C=O) groups excluding carboxylic acids is 2. The third-order valence-electron chi connectivity index (χ3n) is 5.48. The first-order chi connectivity index (χ1) is 15.2. The zero-order chi connectivity index (χ0) is 23.2. The normalized spacial score (nSPS) is 17.7. The summed E-state index contributed by atoms with van der Waals surface area (Å²) < 4.78 is 0.842. The number of hydrogen-bond acceptors (Lipinski definition) is 5. The molecule has 3 N–H and O–H groups in total. The summed E-state index contributed by atoms with van der Waals surface area (Å²) in [4.78, 5) is 27.5.